The summed E-state index contributed by atoms with van der Waals surface area (Å²) in [6, 6.07) is 9.46. The standard InChI is InChI=1S/C20H30N2O/c1-16-9-8-10-17(15-16)19-13-6-3-7-14-22(19)20(23)21-18-11-4-2-5-12-18/h8-10,15,18-19H,2-7,11-14H2,1H3,(H,21,23)/t19-/m0/s1. The van der Waals surface area contributed by atoms with Gasteiger partial charge in [-0.25, -0.2) is 4.79 Å². The molecule has 23 heavy (non-hydrogen) atoms. The van der Waals surface area contributed by atoms with Gasteiger partial charge in [0.15, 0.2) is 0 Å². The maximum Gasteiger partial charge on any atom is 0.318 e. The third kappa shape index (κ3) is 4.27. The van der Waals surface area contributed by atoms with E-state index in [1.165, 1.54) is 43.2 Å². The van der Waals surface area contributed by atoms with Gasteiger partial charge in [0.25, 0.3) is 0 Å². The second-order valence-electron chi connectivity index (χ2n) is 7.26. The van der Waals surface area contributed by atoms with Crippen molar-refractivity contribution in [3.8, 4) is 0 Å². The molecule has 1 atom stereocenters. The maximum atomic E-state index is 12.9. The number of likely N-dealkylation sites (tertiary alicyclic amines) is 1. The Hall–Kier alpha value is -1.51. The first-order valence-electron chi connectivity index (χ1n) is 9.38. The highest BCUT2D eigenvalue weighted by Crippen LogP contribution is 2.31. The van der Waals surface area contributed by atoms with Crippen molar-refractivity contribution >= 4 is 6.03 Å². The maximum absolute atomic E-state index is 12.9. The molecule has 1 aromatic rings. The Labute approximate surface area is 140 Å². The van der Waals surface area contributed by atoms with Crippen molar-refractivity contribution in [1.29, 1.82) is 0 Å². The van der Waals surface area contributed by atoms with E-state index >= 15 is 0 Å². The number of nitrogens with one attached hydrogen (secondary N) is 1. The summed E-state index contributed by atoms with van der Waals surface area (Å²) in [5, 5.41) is 3.32. The average Bonchev–Trinajstić information content (AvgIpc) is 2.82. The molecular weight excluding hydrogens is 284 g/mol. The number of urea groups is 1. The minimum atomic E-state index is 0.158. The van der Waals surface area contributed by atoms with E-state index in [0.29, 0.717) is 6.04 Å². The van der Waals surface area contributed by atoms with E-state index in [4.69, 9.17) is 0 Å². The van der Waals surface area contributed by atoms with Gasteiger partial charge in [-0.3, -0.25) is 0 Å². The van der Waals surface area contributed by atoms with Crippen LogP contribution < -0.4 is 5.32 Å². The summed E-state index contributed by atoms with van der Waals surface area (Å²) >= 11 is 0. The molecule has 126 valence electrons. The van der Waals surface area contributed by atoms with Crippen LogP contribution >= 0.6 is 0 Å². The lowest BCUT2D eigenvalue weighted by Gasteiger charge is -2.33. The molecule has 1 aromatic carbocycles. The Balaban J connectivity index is 1.73. The lowest BCUT2D eigenvalue weighted by atomic mass is 9.95. The van der Waals surface area contributed by atoms with Crippen molar-refractivity contribution in [2.45, 2.75) is 76.8 Å². The number of nitrogens with zero attached hydrogens (tertiary/aromatic N) is 1. The van der Waals surface area contributed by atoms with Crippen molar-refractivity contribution in [2.75, 3.05) is 6.54 Å². The second-order valence-corrected chi connectivity index (χ2v) is 7.26. The third-order valence-electron chi connectivity index (χ3n) is 5.37. The van der Waals surface area contributed by atoms with Crippen LogP contribution in [0.3, 0.4) is 0 Å². The van der Waals surface area contributed by atoms with Crippen LogP contribution in [0.1, 0.15) is 75.0 Å². The summed E-state index contributed by atoms with van der Waals surface area (Å²) in [6.07, 6.45) is 10.8. The molecule has 0 bridgehead atoms. The highest BCUT2D eigenvalue weighted by atomic mass is 16.2. The molecular formula is C20H30N2O. The summed E-state index contributed by atoms with van der Waals surface area (Å²) in [5.41, 5.74) is 2.57. The van der Waals surface area contributed by atoms with Crippen LogP contribution in [0.25, 0.3) is 0 Å². The summed E-state index contributed by atoms with van der Waals surface area (Å²) in [5.74, 6) is 0. The van der Waals surface area contributed by atoms with Gasteiger partial charge in [0.2, 0.25) is 0 Å². The summed E-state index contributed by atoms with van der Waals surface area (Å²) < 4.78 is 0. The lowest BCUT2D eigenvalue weighted by Crippen LogP contribution is -2.46. The number of rotatable bonds is 2. The molecule has 0 radical (unpaired) electrons. The Morgan fingerprint density at radius 1 is 1.04 bits per heavy atom. The average molecular weight is 314 g/mol. The van der Waals surface area contributed by atoms with Crippen LogP contribution in [0.2, 0.25) is 0 Å². The largest absolute Gasteiger partial charge is 0.335 e. The first-order valence-corrected chi connectivity index (χ1v) is 9.38. The fourth-order valence-electron chi connectivity index (χ4n) is 4.08. The van der Waals surface area contributed by atoms with E-state index in [0.717, 1.165) is 32.2 Å². The van der Waals surface area contributed by atoms with Gasteiger partial charge in [-0.1, -0.05) is 61.9 Å². The molecule has 2 aliphatic rings. The topological polar surface area (TPSA) is 32.3 Å². The van der Waals surface area contributed by atoms with Crippen LogP contribution in [-0.4, -0.2) is 23.5 Å². The molecule has 0 aromatic heterocycles. The first-order chi connectivity index (χ1) is 11.2. The monoisotopic (exact) mass is 314 g/mol. The summed E-state index contributed by atoms with van der Waals surface area (Å²) in [7, 11) is 0. The normalized spacial score (nSPS) is 23.3. The van der Waals surface area contributed by atoms with Crippen molar-refractivity contribution in [2.24, 2.45) is 0 Å². The number of hydrogen-bond donors (Lipinski definition) is 1. The molecule has 3 rings (SSSR count). The molecule has 0 unspecified atom stereocenters. The highest BCUT2D eigenvalue weighted by molar-refractivity contribution is 5.75. The fraction of sp³-hybridized carbons (Fsp3) is 0.650. The first kappa shape index (κ1) is 16.4. The van der Waals surface area contributed by atoms with Gasteiger partial charge < -0.3 is 10.2 Å². The number of aryl methyl sites for hydroxylation is 1. The van der Waals surface area contributed by atoms with Crippen molar-refractivity contribution < 1.29 is 4.79 Å². The summed E-state index contributed by atoms with van der Waals surface area (Å²) in [6.45, 7) is 3.02. The van der Waals surface area contributed by atoms with Crippen molar-refractivity contribution in [3.63, 3.8) is 0 Å². The van der Waals surface area contributed by atoms with Crippen LogP contribution in [0.5, 0.6) is 0 Å². The quantitative estimate of drug-likeness (QED) is 0.822. The highest BCUT2D eigenvalue weighted by Gasteiger charge is 2.28. The van der Waals surface area contributed by atoms with Crippen molar-refractivity contribution in [1.82, 2.24) is 10.2 Å². The van der Waals surface area contributed by atoms with E-state index in [1.54, 1.807) is 0 Å². The number of benzene rings is 1. The Kier molecular flexibility index (Phi) is 5.58. The fourth-order valence-corrected chi connectivity index (χ4v) is 4.08. The molecule has 1 saturated heterocycles. The van der Waals surface area contributed by atoms with Gasteiger partial charge in [0, 0.05) is 12.6 Å². The zero-order chi connectivity index (χ0) is 16.1. The smallest absolute Gasteiger partial charge is 0.318 e. The number of hydrogen-bond acceptors (Lipinski definition) is 1. The van der Waals surface area contributed by atoms with Gasteiger partial charge in [-0.15, -0.1) is 0 Å². The van der Waals surface area contributed by atoms with Gasteiger partial charge >= 0.3 is 6.03 Å². The van der Waals surface area contributed by atoms with Gasteiger partial charge in [0.05, 0.1) is 6.04 Å². The zero-order valence-corrected chi connectivity index (χ0v) is 14.4. The van der Waals surface area contributed by atoms with E-state index in [2.05, 4.69) is 41.4 Å². The molecule has 1 aliphatic heterocycles. The Morgan fingerprint density at radius 2 is 1.78 bits per heavy atom. The van der Waals surface area contributed by atoms with Crippen LogP contribution in [-0.2, 0) is 0 Å². The molecule has 1 saturated carbocycles. The van der Waals surface area contributed by atoms with Crippen LogP contribution in [0.15, 0.2) is 24.3 Å². The predicted octanol–water partition coefficient (Wildman–Crippen LogP) is 4.95. The minimum Gasteiger partial charge on any atom is -0.335 e. The molecule has 2 fully saturated rings. The predicted molar refractivity (Wildman–Crippen MR) is 94.5 cm³/mol. The Bertz CT molecular complexity index is 522. The second kappa shape index (κ2) is 7.85. The molecule has 3 heteroatoms. The van der Waals surface area contributed by atoms with E-state index in [-0.39, 0.29) is 12.1 Å². The SMILES string of the molecule is Cc1cccc([C@@H]2CCCCCN2C(=O)NC2CCCCC2)c1. The molecule has 1 aliphatic carbocycles. The Morgan fingerprint density at radius 3 is 2.57 bits per heavy atom. The third-order valence-corrected chi connectivity index (χ3v) is 5.37. The van der Waals surface area contributed by atoms with Crippen LogP contribution in [0, 0.1) is 6.92 Å². The number of carbonyl (C=O) groups excluding carboxylic acids is 1. The number of amides is 2. The number of carbonyl (C=O) groups is 1. The van der Waals surface area contributed by atoms with Gasteiger partial charge in [-0.05, 0) is 38.2 Å². The molecule has 0 spiro atoms. The van der Waals surface area contributed by atoms with E-state index < -0.39 is 0 Å². The van der Waals surface area contributed by atoms with Gasteiger partial charge in [0.1, 0.15) is 0 Å². The molecule has 3 nitrogen and oxygen atoms in total. The summed E-state index contributed by atoms with van der Waals surface area (Å²) in [4.78, 5) is 15.0. The van der Waals surface area contributed by atoms with Crippen LogP contribution in [0.4, 0.5) is 4.79 Å². The van der Waals surface area contributed by atoms with Gasteiger partial charge in [-0.2, -0.15) is 0 Å². The zero-order valence-electron chi connectivity index (χ0n) is 14.4. The molecule has 1 heterocycles. The van der Waals surface area contributed by atoms with Crippen molar-refractivity contribution in [3.05, 3.63) is 35.4 Å². The van der Waals surface area contributed by atoms with E-state index in [9.17, 15) is 4.79 Å². The molecule has 1 N–H and O–H groups in total. The van der Waals surface area contributed by atoms with E-state index in [1.807, 2.05) is 0 Å². The molecule has 2 amide bonds. The minimum absolute atomic E-state index is 0.158. The lowest BCUT2D eigenvalue weighted by molar-refractivity contribution is 0.169.